The normalized spacial score (nSPS) is 12.7. The molecule has 0 saturated heterocycles. The first kappa shape index (κ1) is 11.9. The molecule has 0 saturated carbocycles. The minimum absolute atomic E-state index is 0.103. The van der Waals surface area contributed by atoms with E-state index in [1.165, 1.54) is 16.3 Å². The third-order valence-corrected chi connectivity index (χ3v) is 3.54. The van der Waals surface area contributed by atoms with Crippen molar-refractivity contribution in [3.63, 3.8) is 0 Å². The van der Waals surface area contributed by atoms with Crippen LogP contribution in [0, 0.1) is 0 Å². The van der Waals surface area contributed by atoms with Gasteiger partial charge in [-0.3, -0.25) is 0 Å². The Kier molecular flexibility index (Phi) is 3.05. The third-order valence-electron chi connectivity index (χ3n) is 3.54. The summed E-state index contributed by atoms with van der Waals surface area (Å²) in [6.07, 6.45) is 3.82. The van der Waals surface area contributed by atoms with Gasteiger partial charge in [0.15, 0.2) is 0 Å². The Morgan fingerprint density at radius 1 is 1.11 bits per heavy atom. The summed E-state index contributed by atoms with van der Waals surface area (Å²) in [5.74, 6) is 1.03. The van der Waals surface area contributed by atoms with Gasteiger partial charge in [-0.25, -0.2) is 4.98 Å². The van der Waals surface area contributed by atoms with Crippen LogP contribution in [-0.2, 0) is 7.05 Å². The number of rotatable bonds is 3. The molecule has 3 heteroatoms. The maximum Gasteiger partial charge on any atom is 0.130 e. The van der Waals surface area contributed by atoms with E-state index in [1.54, 1.807) is 0 Å². The Bertz CT molecular complexity index is 695. The Morgan fingerprint density at radius 2 is 1.89 bits per heavy atom. The number of benzene rings is 2. The first-order valence-corrected chi connectivity index (χ1v) is 6.43. The van der Waals surface area contributed by atoms with Gasteiger partial charge in [0.25, 0.3) is 0 Å². The summed E-state index contributed by atoms with van der Waals surface area (Å²) in [5, 5.41) is 5.90. The molecule has 0 aliphatic carbocycles. The summed E-state index contributed by atoms with van der Waals surface area (Å²) in [7, 11) is 4.00. The zero-order valence-corrected chi connectivity index (χ0v) is 11.2. The molecule has 3 nitrogen and oxygen atoms in total. The fourth-order valence-corrected chi connectivity index (χ4v) is 2.58. The molecule has 0 aliphatic heterocycles. The lowest BCUT2D eigenvalue weighted by Gasteiger charge is -2.18. The van der Waals surface area contributed by atoms with Crippen LogP contribution in [0.25, 0.3) is 10.8 Å². The van der Waals surface area contributed by atoms with Gasteiger partial charge in [0.05, 0.1) is 6.04 Å². The van der Waals surface area contributed by atoms with Crippen molar-refractivity contribution in [1.82, 2.24) is 14.9 Å². The number of nitrogens with one attached hydrogen (secondary N) is 1. The van der Waals surface area contributed by atoms with Crippen molar-refractivity contribution < 1.29 is 0 Å². The van der Waals surface area contributed by atoms with Crippen molar-refractivity contribution in [2.45, 2.75) is 6.04 Å². The van der Waals surface area contributed by atoms with Gasteiger partial charge in [0.1, 0.15) is 5.82 Å². The van der Waals surface area contributed by atoms with E-state index in [1.807, 2.05) is 26.5 Å². The first-order valence-electron chi connectivity index (χ1n) is 6.43. The topological polar surface area (TPSA) is 29.9 Å². The second-order valence-corrected chi connectivity index (χ2v) is 4.69. The highest BCUT2D eigenvalue weighted by molar-refractivity contribution is 5.86. The molecule has 0 radical (unpaired) electrons. The minimum atomic E-state index is 0.103. The van der Waals surface area contributed by atoms with Crippen molar-refractivity contribution in [3.8, 4) is 0 Å². The molecule has 3 aromatic rings. The molecule has 1 unspecified atom stereocenters. The Morgan fingerprint density at radius 3 is 2.63 bits per heavy atom. The third kappa shape index (κ3) is 2.02. The number of hydrogen-bond acceptors (Lipinski definition) is 2. The number of fused-ring (bicyclic) bond motifs is 1. The second kappa shape index (κ2) is 4.86. The second-order valence-electron chi connectivity index (χ2n) is 4.69. The van der Waals surface area contributed by atoms with E-state index < -0.39 is 0 Å². The summed E-state index contributed by atoms with van der Waals surface area (Å²) in [6, 6.07) is 15.0. The van der Waals surface area contributed by atoms with Crippen molar-refractivity contribution in [2.24, 2.45) is 7.05 Å². The van der Waals surface area contributed by atoms with Gasteiger partial charge in [-0.2, -0.15) is 0 Å². The number of aromatic nitrogens is 2. The lowest BCUT2D eigenvalue weighted by atomic mass is 9.98. The Hall–Kier alpha value is -2.13. The zero-order valence-electron chi connectivity index (χ0n) is 11.2. The van der Waals surface area contributed by atoms with Crippen molar-refractivity contribution >= 4 is 10.8 Å². The SMILES string of the molecule is CNC(c1cccc2ccccc12)c1nccn1C. The molecule has 1 atom stereocenters. The summed E-state index contributed by atoms with van der Waals surface area (Å²) < 4.78 is 2.06. The first-order chi connectivity index (χ1) is 9.31. The molecule has 2 aromatic carbocycles. The van der Waals surface area contributed by atoms with Gasteiger partial charge >= 0.3 is 0 Å². The molecule has 3 rings (SSSR count). The highest BCUT2D eigenvalue weighted by Crippen LogP contribution is 2.27. The summed E-state index contributed by atoms with van der Waals surface area (Å²) in [5.41, 5.74) is 1.26. The molecule has 96 valence electrons. The molecular formula is C16H17N3. The van der Waals surface area contributed by atoms with Crippen LogP contribution < -0.4 is 5.32 Å². The molecule has 19 heavy (non-hydrogen) atoms. The van der Waals surface area contributed by atoms with Crippen LogP contribution in [0.4, 0.5) is 0 Å². The minimum Gasteiger partial charge on any atom is -0.336 e. The Balaban J connectivity index is 2.20. The summed E-state index contributed by atoms with van der Waals surface area (Å²) >= 11 is 0. The van der Waals surface area contributed by atoms with E-state index in [4.69, 9.17) is 0 Å². The molecule has 0 amide bonds. The highest BCUT2D eigenvalue weighted by atomic mass is 15.1. The lowest BCUT2D eigenvalue weighted by Crippen LogP contribution is -2.21. The number of hydrogen-bond donors (Lipinski definition) is 1. The predicted molar refractivity (Wildman–Crippen MR) is 78.1 cm³/mol. The maximum atomic E-state index is 4.47. The van der Waals surface area contributed by atoms with Crippen LogP contribution in [0.2, 0.25) is 0 Å². The molecule has 0 aliphatic rings. The zero-order chi connectivity index (χ0) is 13.2. The predicted octanol–water partition coefficient (Wildman–Crippen LogP) is 2.88. The van der Waals surface area contributed by atoms with E-state index in [0.717, 1.165) is 5.82 Å². The number of imidazole rings is 1. The van der Waals surface area contributed by atoms with Gasteiger partial charge < -0.3 is 9.88 Å². The van der Waals surface area contributed by atoms with Gasteiger partial charge in [-0.05, 0) is 23.4 Å². The molecule has 0 spiro atoms. The average Bonchev–Trinajstić information content (AvgIpc) is 2.86. The van der Waals surface area contributed by atoms with E-state index in [-0.39, 0.29) is 6.04 Å². The Labute approximate surface area is 112 Å². The van der Waals surface area contributed by atoms with Crippen molar-refractivity contribution in [1.29, 1.82) is 0 Å². The summed E-state index contributed by atoms with van der Waals surface area (Å²) in [4.78, 5) is 4.47. The van der Waals surface area contributed by atoms with Crippen LogP contribution in [0.15, 0.2) is 54.9 Å². The summed E-state index contributed by atoms with van der Waals surface area (Å²) in [6.45, 7) is 0. The average molecular weight is 251 g/mol. The standard InChI is InChI=1S/C16H17N3/c1-17-15(16-18-10-11-19(16)2)14-9-5-7-12-6-3-4-8-13(12)14/h3-11,15,17H,1-2H3. The largest absolute Gasteiger partial charge is 0.336 e. The van der Waals surface area contributed by atoms with Crippen LogP contribution in [0.3, 0.4) is 0 Å². The van der Waals surface area contributed by atoms with Gasteiger partial charge in [-0.1, -0.05) is 42.5 Å². The van der Waals surface area contributed by atoms with Crippen molar-refractivity contribution in [2.75, 3.05) is 7.05 Å². The van der Waals surface area contributed by atoms with E-state index >= 15 is 0 Å². The molecular weight excluding hydrogens is 234 g/mol. The highest BCUT2D eigenvalue weighted by Gasteiger charge is 2.18. The van der Waals surface area contributed by atoms with E-state index in [9.17, 15) is 0 Å². The van der Waals surface area contributed by atoms with Crippen LogP contribution in [-0.4, -0.2) is 16.6 Å². The number of aryl methyl sites for hydroxylation is 1. The van der Waals surface area contributed by atoms with Gasteiger partial charge in [-0.15, -0.1) is 0 Å². The van der Waals surface area contributed by atoms with Crippen molar-refractivity contribution in [3.05, 3.63) is 66.2 Å². The number of nitrogens with zero attached hydrogens (tertiary/aromatic N) is 2. The van der Waals surface area contributed by atoms with Gasteiger partial charge in [0.2, 0.25) is 0 Å². The van der Waals surface area contributed by atoms with E-state index in [0.29, 0.717) is 0 Å². The molecule has 1 N–H and O–H groups in total. The molecule has 1 heterocycles. The van der Waals surface area contributed by atoms with Crippen LogP contribution in [0.1, 0.15) is 17.4 Å². The van der Waals surface area contributed by atoms with Gasteiger partial charge in [0, 0.05) is 19.4 Å². The quantitative estimate of drug-likeness (QED) is 0.775. The lowest BCUT2D eigenvalue weighted by molar-refractivity contribution is 0.621. The maximum absolute atomic E-state index is 4.47. The fraction of sp³-hybridized carbons (Fsp3) is 0.188. The smallest absolute Gasteiger partial charge is 0.130 e. The molecule has 0 fully saturated rings. The fourth-order valence-electron chi connectivity index (χ4n) is 2.58. The van der Waals surface area contributed by atoms with Crippen LogP contribution >= 0.6 is 0 Å². The monoisotopic (exact) mass is 251 g/mol. The molecule has 1 aromatic heterocycles. The molecule has 0 bridgehead atoms. The van der Waals surface area contributed by atoms with Crippen LogP contribution in [0.5, 0.6) is 0 Å². The van der Waals surface area contributed by atoms with E-state index in [2.05, 4.69) is 57.3 Å².